The smallest absolute Gasteiger partial charge is 0.227 e. The van der Waals surface area contributed by atoms with Gasteiger partial charge >= 0.3 is 0 Å². The highest BCUT2D eigenvalue weighted by Gasteiger charge is 2.30. The minimum Gasteiger partial charge on any atom is -0.382 e. The van der Waals surface area contributed by atoms with Crippen LogP contribution in [0.25, 0.3) is 27.7 Å². The minimum atomic E-state index is -0.00936. The van der Waals surface area contributed by atoms with Gasteiger partial charge in [0.05, 0.1) is 11.9 Å². The number of fused-ring (bicyclic) bond motifs is 2. The van der Waals surface area contributed by atoms with Crippen molar-refractivity contribution < 1.29 is 4.79 Å². The normalized spacial score (nSPS) is 18.4. The van der Waals surface area contributed by atoms with Crippen LogP contribution in [0.3, 0.4) is 0 Å². The van der Waals surface area contributed by atoms with E-state index in [1.807, 2.05) is 24.5 Å². The van der Waals surface area contributed by atoms with Gasteiger partial charge in [-0.1, -0.05) is 6.07 Å². The van der Waals surface area contributed by atoms with Crippen LogP contribution in [0.4, 0.5) is 11.5 Å². The number of carbonyl (C=O) groups is 1. The van der Waals surface area contributed by atoms with Gasteiger partial charge in [0.1, 0.15) is 22.9 Å². The third-order valence-corrected chi connectivity index (χ3v) is 6.83. The molecule has 34 heavy (non-hydrogen) atoms. The monoisotopic (exact) mass is 451 g/mol. The maximum Gasteiger partial charge on any atom is 0.227 e. The summed E-state index contributed by atoms with van der Waals surface area (Å²) in [5.74, 6) is 1.76. The quantitative estimate of drug-likeness (QED) is 0.364. The molecule has 0 saturated heterocycles. The van der Waals surface area contributed by atoms with Gasteiger partial charge in [0, 0.05) is 53.1 Å². The Morgan fingerprint density at radius 3 is 2.82 bits per heavy atom. The Morgan fingerprint density at radius 2 is 2.00 bits per heavy atom. The van der Waals surface area contributed by atoms with Crippen molar-refractivity contribution in [2.75, 3.05) is 11.1 Å². The first-order chi connectivity index (χ1) is 16.7. The average Bonchev–Trinajstić information content (AvgIpc) is 3.50. The summed E-state index contributed by atoms with van der Waals surface area (Å²) < 4.78 is 2.08. The number of nitrogen functional groups attached to an aromatic ring is 1. The number of H-pyrrole nitrogens is 1. The fourth-order valence-corrected chi connectivity index (χ4v) is 5.07. The van der Waals surface area contributed by atoms with Gasteiger partial charge in [-0.3, -0.25) is 14.2 Å². The van der Waals surface area contributed by atoms with Crippen molar-refractivity contribution in [1.29, 1.82) is 0 Å². The SMILES string of the molecule is Nc1nccn2c(C3CCC(C(=O)Nc4cccnc4)CC3)nc(-c3ccc4[nH]ccc4c3)c12. The number of hydrogen-bond donors (Lipinski definition) is 3. The molecule has 8 heteroatoms. The molecule has 0 aliphatic heterocycles. The van der Waals surface area contributed by atoms with Crippen LogP contribution >= 0.6 is 0 Å². The maximum absolute atomic E-state index is 12.8. The molecular weight excluding hydrogens is 426 g/mol. The van der Waals surface area contributed by atoms with E-state index in [4.69, 9.17) is 10.7 Å². The summed E-state index contributed by atoms with van der Waals surface area (Å²) in [7, 11) is 0. The van der Waals surface area contributed by atoms with Gasteiger partial charge in [-0.05, 0) is 56.0 Å². The number of amides is 1. The zero-order valence-corrected chi connectivity index (χ0v) is 18.6. The van der Waals surface area contributed by atoms with E-state index in [-0.39, 0.29) is 17.7 Å². The highest BCUT2D eigenvalue weighted by Crippen LogP contribution is 2.39. The molecule has 5 aromatic rings. The van der Waals surface area contributed by atoms with E-state index in [1.54, 1.807) is 18.6 Å². The molecule has 1 fully saturated rings. The van der Waals surface area contributed by atoms with Gasteiger partial charge in [-0.25, -0.2) is 9.97 Å². The lowest BCUT2D eigenvalue weighted by Gasteiger charge is -2.27. The van der Waals surface area contributed by atoms with Crippen LogP contribution in [0, 0.1) is 5.92 Å². The lowest BCUT2D eigenvalue weighted by molar-refractivity contribution is -0.120. The number of nitrogens with one attached hydrogen (secondary N) is 2. The molecule has 0 atom stereocenters. The van der Waals surface area contributed by atoms with Crippen molar-refractivity contribution >= 4 is 33.8 Å². The van der Waals surface area contributed by atoms with Crippen LogP contribution in [0.1, 0.15) is 37.4 Å². The molecule has 1 aliphatic rings. The van der Waals surface area contributed by atoms with Crippen LogP contribution < -0.4 is 11.1 Å². The number of aromatic amines is 1. The third kappa shape index (κ3) is 3.57. The predicted molar refractivity (Wildman–Crippen MR) is 132 cm³/mol. The average molecular weight is 452 g/mol. The Hall–Kier alpha value is -4.20. The Morgan fingerprint density at radius 1 is 1.12 bits per heavy atom. The zero-order valence-electron chi connectivity index (χ0n) is 18.6. The Kier molecular flexibility index (Phi) is 4.98. The lowest BCUT2D eigenvalue weighted by Crippen LogP contribution is -2.27. The fraction of sp³-hybridized carbons (Fsp3) is 0.231. The summed E-state index contributed by atoms with van der Waals surface area (Å²) in [4.78, 5) is 29.5. The molecule has 6 rings (SSSR count). The molecule has 0 radical (unpaired) electrons. The van der Waals surface area contributed by atoms with Crippen LogP contribution in [-0.2, 0) is 4.79 Å². The van der Waals surface area contributed by atoms with E-state index < -0.39 is 0 Å². The Balaban J connectivity index is 1.28. The van der Waals surface area contributed by atoms with Crippen LogP contribution in [-0.4, -0.2) is 30.2 Å². The Labute approximate surface area is 196 Å². The van der Waals surface area contributed by atoms with Crippen LogP contribution in [0.15, 0.2) is 67.4 Å². The number of imidazole rings is 1. The highest BCUT2D eigenvalue weighted by atomic mass is 16.1. The van der Waals surface area contributed by atoms with Crippen molar-refractivity contribution in [1.82, 2.24) is 24.3 Å². The van der Waals surface area contributed by atoms with Gasteiger partial charge in [-0.2, -0.15) is 0 Å². The van der Waals surface area contributed by atoms with E-state index in [0.29, 0.717) is 5.82 Å². The van der Waals surface area contributed by atoms with Gasteiger partial charge in [0.15, 0.2) is 0 Å². The number of carbonyl (C=O) groups excluding carboxylic acids is 1. The van der Waals surface area contributed by atoms with Crippen molar-refractivity contribution in [3.8, 4) is 11.3 Å². The number of rotatable bonds is 4. The van der Waals surface area contributed by atoms with Crippen LogP contribution in [0.5, 0.6) is 0 Å². The molecule has 8 nitrogen and oxygen atoms in total. The molecule has 1 aliphatic carbocycles. The molecule has 1 amide bonds. The van der Waals surface area contributed by atoms with Crippen molar-refractivity contribution in [2.45, 2.75) is 31.6 Å². The van der Waals surface area contributed by atoms with Crippen molar-refractivity contribution in [3.05, 3.63) is 73.2 Å². The minimum absolute atomic E-state index is 0.00936. The lowest BCUT2D eigenvalue weighted by atomic mass is 9.81. The van der Waals surface area contributed by atoms with E-state index in [2.05, 4.69) is 48.9 Å². The second-order valence-corrected chi connectivity index (χ2v) is 8.91. The van der Waals surface area contributed by atoms with E-state index in [1.165, 1.54) is 0 Å². The van der Waals surface area contributed by atoms with Crippen LogP contribution in [0.2, 0.25) is 0 Å². The largest absolute Gasteiger partial charge is 0.382 e. The molecule has 0 unspecified atom stereocenters. The van der Waals surface area contributed by atoms with Crippen molar-refractivity contribution in [2.24, 2.45) is 5.92 Å². The van der Waals surface area contributed by atoms with E-state index in [9.17, 15) is 4.79 Å². The first-order valence-electron chi connectivity index (χ1n) is 11.6. The summed E-state index contributed by atoms with van der Waals surface area (Å²) >= 11 is 0. The number of nitrogens with two attached hydrogens (primary N) is 1. The summed E-state index contributed by atoms with van der Waals surface area (Å²) in [6, 6.07) is 12.0. The van der Waals surface area contributed by atoms with E-state index in [0.717, 1.165) is 64.9 Å². The topological polar surface area (TPSA) is 114 Å². The van der Waals surface area contributed by atoms with Gasteiger partial charge in [0.2, 0.25) is 5.91 Å². The van der Waals surface area contributed by atoms with Gasteiger partial charge in [0.25, 0.3) is 0 Å². The second kappa shape index (κ2) is 8.30. The van der Waals surface area contributed by atoms with Gasteiger partial charge in [-0.15, -0.1) is 0 Å². The first-order valence-corrected chi connectivity index (χ1v) is 11.6. The molecule has 0 spiro atoms. The standard InChI is InChI=1S/C26H25N7O/c27-24-23-22(19-7-8-21-18(14-19)9-11-29-21)32-25(33(23)13-12-30-24)16-3-5-17(6-4-16)26(34)31-20-2-1-10-28-15-20/h1-2,7-17,29H,3-6H2,(H2,27,30)(H,31,34). The molecule has 170 valence electrons. The summed E-state index contributed by atoms with van der Waals surface area (Å²) in [5.41, 5.74) is 10.8. The summed E-state index contributed by atoms with van der Waals surface area (Å²) in [5, 5.41) is 4.12. The predicted octanol–water partition coefficient (Wildman–Crippen LogP) is 4.77. The van der Waals surface area contributed by atoms with Crippen molar-refractivity contribution in [3.63, 3.8) is 0 Å². The number of nitrogens with zero attached hydrogens (tertiary/aromatic N) is 4. The number of benzene rings is 1. The molecule has 4 heterocycles. The Bertz CT molecular complexity index is 1480. The molecule has 4 N–H and O–H groups in total. The number of hydrogen-bond acceptors (Lipinski definition) is 5. The number of pyridine rings is 1. The molecule has 1 saturated carbocycles. The molecule has 4 aromatic heterocycles. The number of aromatic nitrogens is 5. The number of anilines is 2. The summed E-state index contributed by atoms with van der Waals surface area (Å²) in [6.45, 7) is 0. The molecular formula is C26H25N7O. The molecule has 1 aromatic carbocycles. The van der Waals surface area contributed by atoms with Gasteiger partial charge < -0.3 is 16.0 Å². The maximum atomic E-state index is 12.8. The third-order valence-electron chi connectivity index (χ3n) is 6.83. The zero-order chi connectivity index (χ0) is 23.1. The first kappa shape index (κ1) is 20.4. The fourth-order valence-electron chi connectivity index (χ4n) is 5.07. The summed E-state index contributed by atoms with van der Waals surface area (Å²) in [6.07, 6.45) is 12.4. The van der Waals surface area contributed by atoms with E-state index >= 15 is 0 Å². The second-order valence-electron chi connectivity index (χ2n) is 8.91. The highest BCUT2D eigenvalue weighted by molar-refractivity contribution is 5.92. The molecule has 0 bridgehead atoms.